The van der Waals surface area contributed by atoms with Crippen molar-refractivity contribution < 1.29 is 14.2 Å². The second-order valence-corrected chi connectivity index (χ2v) is 6.74. The molecule has 0 bridgehead atoms. The number of ether oxygens (including phenoxy) is 3. The quantitative estimate of drug-likeness (QED) is 0.670. The van der Waals surface area contributed by atoms with Crippen molar-refractivity contribution in [2.24, 2.45) is 0 Å². The maximum absolute atomic E-state index is 9.50. The molecule has 0 spiro atoms. The fourth-order valence-electron chi connectivity index (χ4n) is 3.88. The molecule has 0 radical (unpaired) electrons. The number of aryl methyl sites for hydroxylation is 1. The van der Waals surface area contributed by atoms with Gasteiger partial charge in [-0.25, -0.2) is 9.97 Å². The Bertz CT molecular complexity index is 1140. The average molecular weight is 391 g/mol. The first-order valence-corrected chi connectivity index (χ1v) is 9.19. The molecular weight excluding hydrogens is 370 g/mol. The molecule has 4 rings (SSSR count). The van der Waals surface area contributed by atoms with Crippen LogP contribution < -0.4 is 19.1 Å². The van der Waals surface area contributed by atoms with Crippen LogP contribution in [0.1, 0.15) is 22.4 Å². The second kappa shape index (κ2) is 7.43. The predicted molar refractivity (Wildman–Crippen MR) is 108 cm³/mol. The van der Waals surface area contributed by atoms with Crippen LogP contribution in [0.25, 0.3) is 10.9 Å². The third kappa shape index (κ3) is 2.95. The Morgan fingerprint density at radius 3 is 2.55 bits per heavy atom. The summed E-state index contributed by atoms with van der Waals surface area (Å²) in [5.74, 6) is 2.33. The zero-order chi connectivity index (χ0) is 20.5. The van der Waals surface area contributed by atoms with E-state index in [0.29, 0.717) is 34.9 Å². The summed E-state index contributed by atoms with van der Waals surface area (Å²) in [5.41, 5.74) is 4.22. The number of methoxy groups -OCH3 is 3. The van der Waals surface area contributed by atoms with Crippen LogP contribution in [-0.2, 0) is 13.0 Å². The van der Waals surface area contributed by atoms with Crippen LogP contribution in [0.4, 0.5) is 5.82 Å². The highest BCUT2D eigenvalue weighted by Crippen LogP contribution is 2.44. The molecule has 0 unspecified atom stereocenters. The van der Waals surface area contributed by atoms with Crippen LogP contribution in [0.15, 0.2) is 18.6 Å². The van der Waals surface area contributed by atoms with Crippen molar-refractivity contribution in [2.75, 3.05) is 32.8 Å². The van der Waals surface area contributed by atoms with E-state index < -0.39 is 0 Å². The van der Waals surface area contributed by atoms with Crippen LogP contribution >= 0.6 is 0 Å². The van der Waals surface area contributed by atoms with Gasteiger partial charge in [-0.2, -0.15) is 5.26 Å². The molecule has 8 heteroatoms. The van der Waals surface area contributed by atoms with Crippen molar-refractivity contribution in [1.82, 2.24) is 15.0 Å². The largest absolute Gasteiger partial charge is 0.493 e. The molecule has 1 aliphatic rings. The number of pyridine rings is 1. The summed E-state index contributed by atoms with van der Waals surface area (Å²) < 4.78 is 16.5. The van der Waals surface area contributed by atoms with Gasteiger partial charge >= 0.3 is 0 Å². The Morgan fingerprint density at radius 1 is 1.07 bits per heavy atom. The Kier molecular flexibility index (Phi) is 4.80. The first kappa shape index (κ1) is 18.7. The topological polar surface area (TPSA) is 93.4 Å². The lowest BCUT2D eigenvalue weighted by atomic mass is 9.95. The van der Waals surface area contributed by atoms with Crippen LogP contribution in [0, 0.1) is 18.3 Å². The third-order valence-corrected chi connectivity index (χ3v) is 5.28. The van der Waals surface area contributed by atoms with Crippen molar-refractivity contribution in [1.29, 1.82) is 5.26 Å². The van der Waals surface area contributed by atoms with Crippen LogP contribution in [0.5, 0.6) is 17.2 Å². The summed E-state index contributed by atoms with van der Waals surface area (Å²) in [6.45, 7) is 3.21. The molecule has 0 fully saturated rings. The summed E-state index contributed by atoms with van der Waals surface area (Å²) in [4.78, 5) is 15.5. The molecule has 2 aromatic heterocycles. The highest BCUT2D eigenvalue weighted by atomic mass is 16.5. The summed E-state index contributed by atoms with van der Waals surface area (Å²) in [5, 5.41) is 10.3. The minimum absolute atomic E-state index is 0.495. The van der Waals surface area contributed by atoms with Gasteiger partial charge in [0.1, 0.15) is 23.7 Å². The maximum atomic E-state index is 9.50. The number of nitrogens with zero attached hydrogens (tertiary/aromatic N) is 5. The van der Waals surface area contributed by atoms with Gasteiger partial charge in [-0.1, -0.05) is 0 Å². The van der Waals surface area contributed by atoms with Gasteiger partial charge < -0.3 is 19.1 Å². The molecule has 0 N–H and O–H groups in total. The van der Waals surface area contributed by atoms with Gasteiger partial charge in [0, 0.05) is 19.3 Å². The van der Waals surface area contributed by atoms with Gasteiger partial charge in [0.25, 0.3) is 0 Å². The van der Waals surface area contributed by atoms with Gasteiger partial charge in [0.15, 0.2) is 11.5 Å². The normalized spacial score (nSPS) is 13.0. The second-order valence-electron chi connectivity index (χ2n) is 6.74. The third-order valence-electron chi connectivity index (χ3n) is 5.28. The number of hydrogen-bond donors (Lipinski definition) is 0. The van der Waals surface area contributed by atoms with E-state index in [1.54, 1.807) is 21.3 Å². The fraction of sp³-hybridized carbons (Fsp3) is 0.333. The summed E-state index contributed by atoms with van der Waals surface area (Å²) in [7, 11) is 4.73. The van der Waals surface area contributed by atoms with Gasteiger partial charge in [-0.3, -0.25) is 4.98 Å². The minimum Gasteiger partial charge on any atom is -0.493 e. The molecule has 1 aromatic carbocycles. The smallest absolute Gasteiger partial charge is 0.205 e. The Hall–Kier alpha value is -3.60. The number of benzene rings is 1. The molecule has 1 aliphatic heterocycles. The molecule has 8 nitrogen and oxygen atoms in total. The first-order chi connectivity index (χ1) is 14.1. The zero-order valence-electron chi connectivity index (χ0n) is 16.8. The summed E-state index contributed by atoms with van der Waals surface area (Å²) >= 11 is 0. The van der Waals surface area contributed by atoms with Gasteiger partial charge in [0.2, 0.25) is 5.75 Å². The first-order valence-electron chi connectivity index (χ1n) is 9.19. The van der Waals surface area contributed by atoms with E-state index in [9.17, 15) is 5.26 Å². The summed E-state index contributed by atoms with van der Waals surface area (Å²) in [6, 6.07) is 4.17. The van der Waals surface area contributed by atoms with Crippen LogP contribution in [-0.4, -0.2) is 42.8 Å². The van der Waals surface area contributed by atoms with Gasteiger partial charge in [-0.15, -0.1) is 0 Å². The molecule has 0 aliphatic carbocycles. The lowest BCUT2D eigenvalue weighted by Crippen LogP contribution is -2.32. The highest BCUT2D eigenvalue weighted by molar-refractivity contribution is 5.97. The Morgan fingerprint density at radius 2 is 1.86 bits per heavy atom. The SMILES string of the molecule is COc1cc2c(N3CCc4c(cnc(C)c4C#N)C3)ncnc2c(OC)c1OC. The van der Waals surface area contributed by atoms with Crippen molar-refractivity contribution >= 4 is 16.7 Å². The number of anilines is 1. The molecule has 0 amide bonds. The predicted octanol–water partition coefficient (Wildman–Crippen LogP) is 2.79. The van der Waals surface area contributed by atoms with E-state index in [4.69, 9.17) is 14.2 Å². The van der Waals surface area contributed by atoms with Crippen molar-refractivity contribution in [3.8, 4) is 23.3 Å². The van der Waals surface area contributed by atoms with Crippen molar-refractivity contribution in [3.05, 3.63) is 41.0 Å². The molecule has 148 valence electrons. The maximum Gasteiger partial charge on any atom is 0.205 e. The number of fused-ring (bicyclic) bond motifs is 2. The number of hydrogen-bond acceptors (Lipinski definition) is 8. The number of rotatable bonds is 4. The fourth-order valence-corrected chi connectivity index (χ4v) is 3.88. The standard InChI is InChI=1S/C21H21N5O3/c1-12-16(8-22)14-5-6-26(10-13(14)9-23-12)21-15-7-17(27-2)19(28-3)20(29-4)18(15)24-11-25-21/h7,9,11H,5-6,10H2,1-4H3. The van der Waals surface area contributed by atoms with Crippen molar-refractivity contribution in [2.45, 2.75) is 19.9 Å². The molecule has 3 aromatic rings. The van der Waals surface area contributed by atoms with E-state index in [1.165, 1.54) is 6.33 Å². The molecule has 29 heavy (non-hydrogen) atoms. The van der Waals surface area contributed by atoms with Crippen LogP contribution in [0.2, 0.25) is 0 Å². The average Bonchev–Trinajstić information content (AvgIpc) is 2.76. The van der Waals surface area contributed by atoms with Gasteiger partial charge in [0.05, 0.1) is 38.0 Å². The van der Waals surface area contributed by atoms with E-state index in [0.717, 1.165) is 41.0 Å². The van der Waals surface area contributed by atoms with Crippen LogP contribution in [0.3, 0.4) is 0 Å². The van der Waals surface area contributed by atoms with E-state index >= 15 is 0 Å². The molecule has 0 atom stereocenters. The Labute approximate surface area is 168 Å². The molecular formula is C21H21N5O3. The summed E-state index contributed by atoms with van der Waals surface area (Å²) in [6.07, 6.45) is 4.12. The molecule has 0 saturated carbocycles. The minimum atomic E-state index is 0.495. The molecule has 0 saturated heterocycles. The van der Waals surface area contributed by atoms with E-state index in [1.807, 2.05) is 19.2 Å². The monoisotopic (exact) mass is 391 g/mol. The molecule has 3 heterocycles. The van der Waals surface area contributed by atoms with E-state index in [2.05, 4.69) is 25.9 Å². The zero-order valence-corrected chi connectivity index (χ0v) is 16.8. The number of nitriles is 1. The van der Waals surface area contributed by atoms with Crippen molar-refractivity contribution in [3.63, 3.8) is 0 Å². The Balaban J connectivity index is 1.84. The highest BCUT2D eigenvalue weighted by Gasteiger charge is 2.25. The lowest BCUT2D eigenvalue weighted by molar-refractivity contribution is 0.327. The lowest BCUT2D eigenvalue weighted by Gasteiger charge is -2.31. The van der Waals surface area contributed by atoms with E-state index in [-0.39, 0.29) is 0 Å². The van der Waals surface area contributed by atoms with Gasteiger partial charge in [-0.05, 0) is 30.5 Å². The number of aromatic nitrogens is 3.